The molecule has 98 valence electrons. The molecule has 1 aromatic carbocycles. The Morgan fingerprint density at radius 3 is 3.05 bits per heavy atom. The number of hydrogen-bond acceptors (Lipinski definition) is 6. The van der Waals surface area contributed by atoms with E-state index in [-0.39, 0.29) is 17.6 Å². The minimum atomic E-state index is -0.436. The summed E-state index contributed by atoms with van der Waals surface area (Å²) in [4.78, 5) is 26.0. The Labute approximate surface area is 111 Å². The van der Waals surface area contributed by atoms with E-state index in [1.165, 1.54) is 11.3 Å². The van der Waals surface area contributed by atoms with Crippen molar-refractivity contribution < 1.29 is 9.72 Å². The number of thiazole rings is 1. The van der Waals surface area contributed by atoms with E-state index < -0.39 is 4.92 Å². The van der Waals surface area contributed by atoms with Gasteiger partial charge in [-0.3, -0.25) is 14.9 Å². The summed E-state index contributed by atoms with van der Waals surface area (Å²) in [6.45, 7) is 0.477. The van der Waals surface area contributed by atoms with Crippen LogP contribution in [0, 0.1) is 10.1 Å². The van der Waals surface area contributed by atoms with Crippen LogP contribution in [-0.4, -0.2) is 28.4 Å². The van der Waals surface area contributed by atoms with E-state index >= 15 is 0 Å². The number of aromatic nitrogens is 1. The first-order chi connectivity index (χ1) is 9.15. The van der Waals surface area contributed by atoms with E-state index in [0.29, 0.717) is 24.2 Å². The van der Waals surface area contributed by atoms with Crippen LogP contribution in [0.4, 0.5) is 11.4 Å². The smallest absolute Gasteiger partial charge is 0.319 e. The van der Waals surface area contributed by atoms with E-state index in [0.717, 1.165) is 4.70 Å². The number of nitrogens with zero attached hydrogens (tertiary/aromatic N) is 2. The molecule has 0 saturated carbocycles. The van der Waals surface area contributed by atoms with Gasteiger partial charge in [0, 0.05) is 13.0 Å². The Bertz CT molecular complexity index is 669. The van der Waals surface area contributed by atoms with E-state index in [1.807, 2.05) is 0 Å². The van der Waals surface area contributed by atoms with Crippen LogP contribution in [0.5, 0.6) is 0 Å². The molecule has 3 rings (SSSR count). The Morgan fingerprint density at radius 2 is 2.37 bits per heavy atom. The number of fused-ring (bicyclic) bond motifs is 1. The van der Waals surface area contributed by atoms with Gasteiger partial charge < -0.3 is 10.6 Å². The van der Waals surface area contributed by atoms with Gasteiger partial charge >= 0.3 is 5.69 Å². The lowest BCUT2D eigenvalue weighted by Crippen LogP contribution is -2.22. The Kier molecular flexibility index (Phi) is 2.79. The van der Waals surface area contributed by atoms with Gasteiger partial charge in [0.15, 0.2) is 5.52 Å². The van der Waals surface area contributed by atoms with Gasteiger partial charge in [-0.05, 0) is 12.1 Å². The largest absolute Gasteiger partial charge is 0.374 e. The first-order valence-electron chi connectivity index (χ1n) is 5.69. The summed E-state index contributed by atoms with van der Waals surface area (Å²) in [5.74, 6) is -0.0464. The summed E-state index contributed by atoms with van der Waals surface area (Å²) < 4.78 is 0.776. The van der Waals surface area contributed by atoms with Crippen molar-refractivity contribution in [2.45, 2.75) is 12.5 Å². The fraction of sp³-hybridized carbons (Fsp3) is 0.273. The summed E-state index contributed by atoms with van der Waals surface area (Å²) in [5.41, 5.74) is 2.35. The average molecular weight is 278 g/mol. The van der Waals surface area contributed by atoms with Crippen LogP contribution in [0.25, 0.3) is 10.2 Å². The molecule has 1 atom stereocenters. The standard InChI is InChI=1S/C11H10N4O3S/c16-9-3-6(4-12-9)14-7-1-2-8-10(13-5-19-8)11(7)15(17)18/h1-2,5-6,14H,3-4H2,(H,12,16). The average Bonchev–Trinajstić information content (AvgIpc) is 2.97. The fourth-order valence-corrected chi connectivity index (χ4v) is 2.82. The van der Waals surface area contributed by atoms with Crippen LogP contribution in [0.3, 0.4) is 0 Å². The number of anilines is 1. The molecule has 8 heteroatoms. The van der Waals surface area contributed by atoms with E-state index in [1.54, 1.807) is 17.6 Å². The van der Waals surface area contributed by atoms with Crippen molar-refractivity contribution in [1.29, 1.82) is 0 Å². The van der Waals surface area contributed by atoms with E-state index in [9.17, 15) is 14.9 Å². The molecular formula is C11H10N4O3S. The molecule has 0 bridgehead atoms. The minimum absolute atomic E-state index is 0.0295. The van der Waals surface area contributed by atoms with Crippen LogP contribution in [-0.2, 0) is 4.79 Å². The molecule has 0 spiro atoms. The van der Waals surface area contributed by atoms with Crippen molar-refractivity contribution in [2.24, 2.45) is 0 Å². The number of amides is 1. The molecule has 1 fully saturated rings. The molecule has 19 heavy (non-hydrogen) atoms. The van der Waals surface area contributed by atoms with E-state index in [2.05, 4.69) is 15.6 Å². The van der Waals surface area contributed by atoms with Gasteiger partial charge in [-0.25, -0.2) is 4.98 Å². The highest BCUT2D eigenvalue weighted by atomic mass is 32.1. The number of nitrogens with one attached hydrogen (secondary N) is 2. The molecule has 1 aromatic heterocycles. The van der Waals surface area contributed by atoms with Crippen LogP contribution >= 0.6 is 11.3 Å². The van der Waals surface area contributed by atoms with Gasteiger partial charge in [0.05, 0.1) is 21.2 Å². The van der Waals surface area contributed by atoms with Crippen molar-refractivity contribution in [2.75, 3.05) is 11.9 Å². The molecule has 2 N–H and O–H groups in total. The summed E-state index contributed by atoms with van der Waals surface area (Å²) in [6.07, 6.45) is 0.326. The van der Waals surface area contributed by atoms with E-state index in [4.69, 9.17) is 0 Å². The molecule has 1 saturated heterocycles. The third-order valence-electron chi connectivity index (χ3n) is 3.00. The zero-order chi connectivity index (χ0) is 13.4. The summed E-state index contributed by atoms with van der Waals surface area (Å²) in [7, 11) is 0. The van der Waals surface area contributed by atoms with Crippen molar-refractivity contribution >= 4 is 38.8 Å². The Balaban J connectivity index is 2.00. The maximum absolute atomic E-state index is 11.2. The third kappa shape index (κ3) is 2.10. The molecule has 1 aliphatic heterocycles. The highest BCUT2D eigenvalue weighted by Crippen LogP contribution is 2.34. The number of carbonyl (C=O) groups excluding carboxylic acids is 1. The quantitative estimate of drug-likeness (QED) is 0.655. The second kappa shape index (κ2) is 4.47. The highest BCUT2D eigenvalue weighted by molar-refractivity contribution is 7.16. The molecule has 1 aliphatic rings. The maximum atomic E-state index is 11.2. The Hall–Kier alpha value is -2.22. The number of hydrogen-bond donors (Lipinski definition) is 2. The second-order valence-corrected chi connectivity index (χ2v) is 5.15. The molecule has 2 heterocycles. The fourth-order valence-electron chi connectivity index (χ4n) is 2.15. The van der Waals surface area contributed by atoms with Crippen molar-refractivity contribution in [1.82, 2.24) is 10.3 Å². The summed E-state index contributed by atoms with van der Waals surface area (Å²) in [6, 6.07) is 3.34. The molecule has 1 amide bonds. The van der Waals surface area contributed by atoms with Gasteiger partial charge in [-0.2, -0.15) is 0 Å². The van der Waals surface area contributed by atoms with Crippen LogP contribution in [0.1, 0.15) is 6.42 Å². The molecule has 1 unspecified atom stereocenters. The molecule has 0 aliphatic carbocycles. The van der Waals surface area contributed by atoms with Crippen LogP contribution < -0.4 is 10.6 Å². The van der Waals surface area contributed by atoms with Gasteiger partial charge in [0.1, 0.15) is 5.69 Å². The van der Waals surface area contributed by atoms with Crippen molar-refractivity contribution in [3.63, 3.8) is 0 Å². The third-order valence-corrected chi connectivity index (χ3v) is 3.79. The molecule has 7 nitrogen and oxygen atoms in total. The van der Waals surface area contributed by atoms with Crippen LogP contribution in [0.15, 0.2) is 17.6 Å². The van der Waals surface area contributed by atoms with Crippen molar-refractivity contribution in [3.8, 4) is 0 Å². The predicted molar refractivity (Wildman–Crippen MR) is 71.3 cm³/mol. The second-order valence-electron chi connectivity index (χ2n) is 4.27. The normalized spacial score (nSPS) is 18.5. The number of nitro groups is 1. The first kappa shape index (κ1) is 11.8. The number of nitro benzene ring substituents is 1. The van der Waals surface area contributed by atoms with Gasteiger partial charge in [0.2, 0.25) is 5.91 Å². The number of rotatable bonds is 3. The maximum Gasteiger partial charge on any atom is 0.319 e. The van der Waals surface area contributed by atoms with Crippen molar-refractivity contribution in [3.05, 3.63) is 27.8 Å². The van der Waals surface area contributed by atoms with Gasteiger partial charge in [0.25, 0.3) is 0 Å². The van der Waals surface area contributed by atoms with Gasteiger partial charge in [-0.1, -0.05) is 0 Å². The predicted octanol–water partition coefficient (Wildman–Crippen LogP) is 1.50. The van der Waals surface area contributed by atoms with Crippen LogP contribution in [0.2, 0.25) is 0 Å². The zero-order valence-corrected chi connectivity index (χ0v) is 10.6. The Morgan fingerprint density at radius 1 is 1.53 bits per heavy atom. The summed E-state index contributed by atoms with van der Waals surface area (Å²) >= 11 is 1.36. The van der Waals surface area contributed by atoms with Gasteiger partial charge in [-0.15, -0.1) is 11.3 Å². The summed E-state index contributed by atoms with van der Waals surface area (Å²) in [5, 5.41) is 16.9. The molecule has 0 radical (unpaired) electrons. The molecular weight excluding hydrogens is 268 g/mol. The monoisotopic (exact) mass is 278 g/mol. The zero-order valence-electron chi connectivity index (χ0n) is 9.75. The lowest BCUT2D eigenvalue weighted by atomic mass is 10.2. The lowest BCUT2D eigenvalue weighted by Gasteiger charge is -2.12. The first-order valence-corrected chi connectivity index (χ1v) is 6.57. The highest BCUT2D eigenvalue weighted by Gasteiger charge is 2.26. The topological polar surface area (TPSA) is 97.2 Å². The SMILES string of the molecule is O=C1CC(Nc2ccc3scnc3c2[N+](=O)[O-])CN1. The number of benzene rings is 1. The number of carbonyl (C=O) groups is 1. The minimum Gasteiger partial charge on any atom is -0.374 e. The molecule has 2 aromatic rings. The lowest BCUT2D eigenvalue weighted by molar-refractivity contribution is -0.382.